The zero-order valence-electron chi connectivity index (χ0n) is 9.70. The summed E-state index contributed by atoms with van der Waals surface area (Å²) in [4.78, 5) is 4.32. The zero-order chi connectivity index (χ0) is 11.6. The van der Waals surface area contributed by atoms with Crippen molar-refractivity contribution in [1.82, 2.24) is 4.98 Å². The molecule has 1 heterocycles. The Kier molecular flexibility index (Phi) is 2.79. The lowest BCUT2D eigenvalue weighted by molar-refractivity contribution is 0.549. The van der Waals surface area contributed by atoms with E-state index in [0.717, 1.165) is 23.1 Å². The van der Waals surface area contributed by atoms with Crippen LogP contribution in [0.1, 0.15) is 13.8 Å². The molecule has 1 aromatic carbocycles. The molecule has 2 aromatic rings. The van der Waals surface area contributed by atoms with Crippen molar-refractivity contribution >= 4 is 16.6 Å². The third-order valence-electron chi connectivity index (χ3n) is 2.38. The number of aromatic nitrogens is 1. The Hall–Kier alpha value is -1.61. The smallest absolute Gasteiger partial charge is 0.0722 e. The molecule has 16 heavy (non-hydrogen) atoms. The lowest BCUT2D eigenvalue weighted by Gasteiger charge is -2.20. The van der Waals surface area contributed by atoms with E-state index in [1.807, 2.05) is 44.3 Å². The molecule has 0 bridgehead atoms. The normalized spacial score (nSPS) is 11.7. The van der Waals surface area contributed by atoms with Gasteiger partial charge in [0.25, 0.3) is 0 Å². The van der Waals surface area contributed by atoms with E-state index in [2.05, 4.69) is 16.4 Å². The highest BCUT2D eigenvalue weighted by Gasteiger charge is 2.10. The molecule has 0 fully saturated rings. The van der Waals surface area contributed by atoms with Crippen LogP contribution in [0.3, 0.4) is 0 Å². The molecule has 2 rings (SSSR count). The van der Waals surface area contributed by atoms with Crippen LogP contribution in [-0.2, 0) is 0 Å². The first kappa shape index (κ1) is 10.9. The van der Waals surface area contributed by atoms with Crippen molar-refractivity contribution in [2.24, 2.45) is 5.73 Å². The molecule has 84 valence electrons. The van der Waals surface area contributed by atoms with Crippen LogP contribution < -0.4 is 11.1 Å². The molecule has 0 radical (unpaired) electrons. The van der Waals surface area contributed by atoms with Gasteiger partial charge in [0.2, 0.25) is 0 Å². The molecule has 3 nitrogen and oxygen atoms in total. The summed E-state index contributed by atoms with van der Waals surface area (Å²) >= 11 is 0. The van der Waals surface area contributed by atoms with Gasteiger partial charge >= 0.3 is 0 Å². The van der Waals surface area contributed by atoms with Crippen molar-refractivity contribution in [1.29, 1.82) is 0 Å². The first-order valence-electron chi connectivity index (χ1n) is 5.43. The van der Waals surface area contributed by atoms with Crippen LogP contribution in [0.5, 0.6) is 0 Å². The van der Waals surface area contributed by atoms with Gasteiger partial charge in [-0.15, -0.1) is 0 Å². The molecular formula is C13H17N3. The lowest BCUT2D eigenvalue weighted by Crippen LogP contribution is -2.39. The number of rotatable bonds is 3. The summed E-state index contributed by atoms with van der Waals surface area (Å²) in [5.74, 6) is 0. The SMILES string of the molecule is CC(C)(N)CNc1ccnc2ccccc12. The molecule has 0 atom stereocenters. The highest BCUT2D eigenvalue weighted by molar-refractivity contribution is 5.90. The van der Waals surface area contributed by atoms with E-state index >= 15 is 0 Å². The van der Waals surface area contributed by atoms with E-state index < -0.39 is 0 Å². The van der Waals surface area contributed by atoms with Crippen LogP contribution in [0.4, 0.5) is 5.69 Å². The number of para-hydroxylation sites is 1. The van der Waals surface area contributed by atoms with E-state index in [1.165, 1.54) is 0 Å². The molecule has 0 unspecified atom stereocenters. The zero-order valence-corrected chi connectivity index (χ0v) is 9.70. The Labute approximate surface area is 95.7 Å². The van der Waals surface area contributed by atoms with Crippen LogP contribution in [0.25, 0.3) is 10.9 Å². The summed E-state index contributed by atoms with van der Waals surface area (Å²) in [6, 6.07) is 10.1. The maximum Gasteiger partial charge on any atom is 0.0722 e. The predicted molar refractivity (Wildman–Crippen MR) is 68.5 cm³/mol. The molecule has 0 spiro atoms. The second-order valence-corrected chi connectivity index (χ2v) is 4.72. The number of pyridine rings is 1. The molecule has 0 aliphatic rings. The van der Waals surface area contributed by atoms with Gasteiger partial charge < -0.3 is 11.1 Å². The Balaban J connectivity index is 2.30. The summed E-state index contributed by atoms with van der Waals surface area (Å²) < 4.78 is 0. The van der Waals surface area contributed by atoms with E-state index in [-0.39, 0.29) is 5.54 Å². The Morgan fingerprint density at radius 3 is 2.75 bits per heavy atom. The monoisotopic (exact) mass is 215 g/mol. The minimum Gasteiger partial charge on any atom is -0.383 e. The summed E-state index contributed by atoms with van der Waals surface area (Å²) in [5.41, 5.74) is 7.82. The van der Waals surface area contributed by atoms with Gasteiger partial charge in [0.15, 0.2) is 0 Å². The molecule has 0 saturated carbocycles. The fraction of sp³-hybridized carbons (Fsp3) is 0.308. The summed E-state index contributed by atoms with van der Waals surface area (Å²) in [7, 11) is 0. The maximum absolute atomic E-state index is 5.95. The fourth-order valence-corrected chi connectivity index (χ4v) is 1.57. The van der Waals surface area contributed by atoms with Crippen LogP contribution >= 0.6 is 0 Å². The van der Waals surface area contributed by atoms with Crippen molar-refractivity contribution in [2.75, 3.05) is 11.9 Å². The Morgan fingerprint density at radius 2 is 2.00 bits per heavy atom. The fourth-order valence-electron chi connectivity index (χ4n) is 1.57. The second-order valence-electron chi connectivity index (χ2n) is 4.72. The number of nitrogens with one attached hydrogen (secondary N) is 1. The second kappa shape index (κ2) is 4.10. The highest BCUT2D eigenvalue weighted by atomic mass is 14.9. The van der Waals surface area contributed by atoms with Crippen molar-refractivity contribution in [3.63, 3.8) is 0 Å². The average Bonchev–Trinajstić information content (AvgIpc) is 2.25. The number of nitrogens with zero attached hydrogens (tertiary/aromatic N) is 1. The first-order valence-corrected chi connectivity index (χ1v) is 5.43. The van der Waals surface area contributed by atoms with Crippen molar-refractivity contribution in [2.45, 2.75) is 19.4 Å². The highest BCUT2D eigenvalue weighted by Crippen LogP contribution is 2.21. The molecule has 3 N–H and O–H groups in total. The van der Waals surface area contributed by atoms with Gasteiger partial charge in [-0.1, -0.05) is 18.2 Å². The average molecular weight is 215 g/mol. The Morgan fingerprint density at radius 1 is 1.25 bits per heavy atom. The third-order valence-corrected chi connectivity index (χ3v) is 2.38. The summed E-state index contributed by atoms with van der Waals surface area (Å²) in [5, 5.41) is 4.50. The van der Waals surface area contributed by atoms with Crippen molar-refractivity contribution in [3.8, 4) is 0 Å². The molecule has 1 aromatic heterocycles. The van der Waals surface area contributed by atoms with Crippen LogP contribution in [0.15, 0.2) is 36.5 Å². The third kappa shape index (κ3) is 2.49. The van der Waals surface area contributed by atoms with Gasteiger partial charge in [0, 0.05) is 29.4 Å². The van der Waals surface area contributed by atoms with E-state index in [4.69, 9.17) is 5.73 Å². The van der Waals surface area contributed by atoms with Gasteiger partial charge in [-0.05, 0) is 26.0 Å². The minimum absolute atomic E-state index is 0.218. The van der Waals surface area contributed by atoms with E-state index in [0.29, 0.717) is 0 Å². The first-order chi connectivity index (χ1) is 7.56. The number of fused-ring (bicyclic) bond motifs is 1. The van der Waals surface area contributed by atoms with Crippen LogP contribution in [0, 0.1) is 0 Å². The maximum atomic E-state index is 5.95. The van der Waals surface area contributed by atoms with Crippen LogP contribution in [0.2, 0.25) is 0 Å². The molecule has 0 aliphatic heterocycles. The van der Waals surface area contributed by atoms with E-state index in [1.54, 1.807) is 0 Å². The number of benzene rings is 1. The number of anilines is 1. The molecule has 3 heteroatoms. The van der Waals surface area contributed by atoms with Gasteiger partial charge in [-0.25, -0.2) is 0 Å². The largest absolute Gasteiger partial charge is 0.383 e. The van der Waals surface area contributed by atoms with Gasteiger partial charge in [-0.3, -0.25) is 4.98 Å². The van der Waals surface area contributed by atoms with Gasteiger partial charge in [0.1, 0.15) is 0 Å². The minimum atomic E-state index is -0.218. The molecular weight excluding hydrogens is 198 g/mol. The van der Waals surface area contributed by atoms with Gasteiger partial charge in [-0.2, -0.15) is 0 Å². The van der Waals surface area contributed by atoms with Crippen molar-refractivity contribution < 1.29 is 0 Å². The lowest BCUT2D eigenvalue weighted by atomic mass is 10.1. The number of hydrogen-bond donors (Lipinski definition) is 2. The van der Waals surface area contributed by atoms with Crippen molar-refractivity contribution in [3.05, 3.63) is 36.5 Å². The molecule has 0 saturated heterocycles. The van der Waals surface area contributed by atoms with Crippen LogP contribution in [-0.4, -0.2) is 17.1 Å². The number of nitrogens with two attached hydrogens (primary N) is 1. The quantitative estimate of drug-likeness (QED) is 0.826. The Bertz CT molecular complexity index is 480. The molecule has 0 aliphatic carbocycles. The molecule has 0 amide bonds. The van der Waals surface area contributed by atoms with Gasteiger partial charge in [0.05, 0.1) is 5.52 Å². The summed E-state index contributed by atoms with van der Waals surface area (Å²) in [6.45, 7) is 4.74. The predicted octanol–water partition coefficient (Wildman–Crippen LogP) is 2.38. The number of hydrogen-bond acceptors (Lipinski definition) is 3. The summed E-state index contributed by atoms with van der Waals surface area (Å²) in [6.07, 6.45) is 1.81. The van der Waals surface area contributed by atoms with E-state index in [9.17, 15) is 0 Å². The standard InChI is InChI=1S/C13H17N3/c1-13(2,14)9-16-12-7-8-15-11-6-4-3-5-10(11)12/h3-8H,9,14H2,1-2H3,(H,15,16). The topological polar surface area (TPSA) is 50.9 Å².